The van der Waals surface area contributed by atoms with Gasteiger partial charge in [-0.25, -0.2) is 4.79 Å². The second-order valence-electron chi connectivity index (χ2n) is 9.13. The minimum atomic E-state index is -0.400. The Balaban J connectivity index is 1.26. The topological polar surface area (TPSA) is 38.3 Å². The van der Waals surface area contributed by atoms with Crippen LogP contribution >= 0.6 is 0 Å². The van der Waals surface area contributed by atoms with Crippen molar-refractivity contribution in [3.63, 3.8) is 0 Å². The fraction of sp³-hybridized carbons (Fsp3) is 0.276. The van der Waals surface area contributed by atoms with Gasteiger partial charge < -0.3 is 10.1 Å². The molecular formula is C29H29NO2. The first-order chi connectivity index (χ1) is 15.4. The van der Waals surface area contributed by atoms with E-state index in [1.54, 1.807) is 0 Å². The van der Waals surface area contributed by atoms with Crippen LogP contribution in [0.1, 0.15) is 55.4 Å². The van der Waals surface area contributed by atoms with E-state index in [1.807, 2.05) is 36.4 Å². The van der Waals surface area contributed by atoms with E-state index in [1.165, 1.54) is 27.8 Å². The number of rotatable bonds is 4. The third kappa shape index (κ3) is 4.86. The van der Waals surface area contributed by atoms with Gasteiger partial charge >= 0.3 is 6.09 Å². The molecule has 0 fully saturated rings. The average molecular weight is 424 g/mol. The smallest absolute Gasteiger partial charge is 0.407 e. The van der Waals surface area contributed by atoms with Crippen molar-refractivity contribution in [1.29, 1.82) is 0 Å². The maximum absolute atomic E-state index is 12.2. The quantitative estimate of drug-likeness (QED) is 0.397. The second-order valence-corrected chi connectivity index (χ2v) is 9.13. The third-order valence-corrected chi connectivity index (χ3v) is 5.85. The summed E-state index contributed by atoms with van der Waals surface area (Å²) in [7, 11) is 0. The molecule has 0 radical (unpaired) electrons. The molecule has 0 spiro atoms. The van der Waals surface area contributed by atoms with E-state index in [9.17, 15) is 4.79 Å². The van der Waals surface area contributed by atoms with Crippen LogP contribution in [0.2, 0.25) is 0 Å². The molecule has 3 aromatic carbocycles. The van der Waals surface area contributed by atoms with Gasteiger partial charge in [-0.15, -0.1) is 0 Å². The molecule has 1 amide bonds. The van der Waals surface area contributed by atoms with Crippen molar-refractivity contribution in [2.24, 2.45) is 0 Å². The number of nitrogens with one attached hydrogen (secondary N) is 1. The molecule has 3 aromatic rings. The molecule has 1 N–H and O–H groups in total. The van der Waals surface area contributed by atoms with Crippen molar-refractivity contribution >= 4 is 6.09 Å². The zero-order chi connectivity index (χ0) is 22.6. The van der Waals surface area contributed by atoms with Crippen LogP contribution in [0.15, 0.2) is 72.8 Å². The predicted octanol–water partition coefficient (Wildman–Crippen LogP) is 6.26. The van der Waals surface area contributed by atoms with Crippen molar-refractivity contribution in [2.75, 3.05) is 13.2 Å². The van der Waals surface area contributed by atoms with Gasteiger partial charge in [0.1, 0.15) is 6.61 Å². The van der Waals surface area contributed by atoms with Crippen molar-refractivity contribution in [3.05, 3.63) is 95.1 Å². The Morgan fingerprint density at radius 1 is 0.906 bits per heavy atom. The summed E-state index contributed by atoms with van der Waals surface area (Å²) in [6.45, 7) is 7.38. The summed E-state index contributed by atoms with van der Waals surface area (Å²) >= 11 is 0. The number of hydrogen-bond donors (Lipinski definition) is 1. The zero-order valence-electron chi connectivity index (χ0n) is 18.9. The first-order valence-electron chi connectivity index (χ1n) is 11.1. The number of carbonyl (C=O) groups excluding carboxylic acids is 1. The van der Waals surface area contributed by atoms with E-state index >= 15 is 0 Å². The van der Waals surface area contributed by atoms with E-state index in [2.05, 4.69) is 74.3 Å². The van der Waals surface area contributed by atoms with Gasteiger partial charge in [0.2, 0.25) is 0 Å². The van der Waals surface area contributed by atoms with Gasteiger partial charge in [0.25, 0.3) is 0 Å². The summed E-state index contributed by atoms with van der Waals surface area (Å²) in [5.74, 6) is 6.35. The molecule has 1 aliphatic carbocycles. The van der Waals surface area contributed by atoms with E-state index in [4.69, 9.17) is 4.74 Å². The van der Waals surface area contributed by atoms with Gasteiger partial charge in [0, 0.05) is 24.4 Å². The Labute approximate surface area is 190 Å². The molecule has 32 heavy (non-hydrogen) atoms. The highest BCUT2D eigenvalue weighted by Crippen LogP contribution is 2.44. The Hall–Kier alpha value is -3.51. The highest BCUT2D eigenvalue weighted by molar-refractivity contribution is 5.79. The monoisotopic (exact) mass is 423 g/mol. The normalized spacial score (nSPS) is 12.3. The lowest BCUT2D eigenvalue weighted by Gasteiger charge is -2.18. The lowest BCUT2D eigenvalue weighted by Crippen LogP contribution is -2.26. The molecule has 1 aliphatic rings. The largest absolute Gasteiger partial charge is 0.449 e. The second kappa shape index (κ2) is 9.32. The molecule has 0 heterocycles. The Kier molecular flexibility index (Phi) is 6.32. The number of carbonyl (C=O) groups is 1. The average Bonchev–Trinajstić information content (AvgIpc) is 3.11. The number of ether oxygens (including phenoxy) is 1. The molecule has 0 atom stereocenters. The van der Waals surface area contributed by atoms with Crippen molar-refractivity contribution in [1.82, 2.24) is 5.32 Å². The standard InChI is InChI=1S/C29H29NO2/c1-29(2,3)22-17-15-21(16-18-22)10-8-9-19-30-28(31)32-20-27-25-13-6-4-11-23(25)24-12-5-7-14-26(24)27/h4-7,11-18,27H,9,19-20H2,1-3H3,(H,30,31). The van der Waals surface area contributed by atoms with Crippen LogP contribution in [-0.2, 0) is 10.2 Å². The molecular weight excluding hydrogens is 394 g/mol. The van der Waals surface area contributed by atoms with Crippen LogP contribution in [0.3, 0.4) is 0 Å². The van der Waals surface area contributed by atoms with Gasteiger partial charge in [-0.3, -0.25) is 0 Å². The summed E-state index contributed by atoms with van der Waals surface area (Å²) < 4.78 is 5.55. The van der Waals surface area contributed by atoms with Crippen LogP contribution in [-0.4, -0.2) is 19.2 Å². The molecule has 0 aromatic heterocycles. The van der Waals surface area contributed by atoms with E-state index in [0.29, 0.717) is 19.6 Å². The number of benzene rings is 3. The van der Waals surface area contributed by atoms with Crippen LogP contribution < -0.4 is 5.32 Å². The van der Waals surface area contributed by atoms with Crippen LogP contribution in [0.4, 0.5) is 4.79 Å². The Morgan fingerprint density at radius 3 is 2.09 bits per heavy atom. The van der Waals surface area contributed by atoms with Crippen molar-refractivity contribution in [2.45, 2.75) is 38.5 Å². The SMILES string of the molecule is CC(C)(C)c1ccc(C#CCCNC(=O)OCC2c3ccccc3-c3ccccc32)cc1. The number of fused-ring (bicyclic) bond motifs is 3. The number of amides is 1. The lowest BCUT2D eigenvalue weighted by atomic mass is 9.87. The van der Waals surface area contributed by atoms with Crippen LogP contribution in [0.5, 0.6) is 0 Å². The van der Waals surface area contributed by atoms with E-state index in [0.717, 1.165) is 5.56 Å². The van der Waals surface area contributed by atoms with E-state index in [-0.39, 0.29) is 11.3 Å². The molecule has 0 aliphatic heterocycles. The molecule has 4 rings (SSSR count). The molecule has 0 saturated heterocycles. The van der Waals surface area contributed by atoms with Crippen molar-refractivity contribution < 1.29 is 9.53 Å². The zero-order valence-corrected chi connectivity index (χ0v) is 18.9. The van der Waals surface area contributed by atoms with Gasteiger partial charge in [-0.05, 0) is 45.4 Å². The summed E-state index contributed by atoms with van der Waals surface area (Å²) in [5.41, 5.74) is 7.29. The van der Waals surface area contributed by atoms with Gasteiger partial charge in [0.15, 0.2) is 0 Å². The molecule has 0 saturated carbocycles. The molecule has 3 nitrogen and oxygen atoms in total. The minimum Gasteiger partial charge on any atom is -0.449 e. The summed E-state index contributed by atoms with van der Waals surface area (Å²) in [6, 6.07) is 25.0. The Bertz CT molecular complexity index is 1110. The van der Waals surface area contributed by atoms with Gasteiger partial charge in [0.05, 0.1) is 0 Å². The lowest BCUT2D eigenvalue weighted by molar-refractivity contribution is 0.143. The summed E-state index contributed by atoms with van der Waals surface area (Å²) in [5, 5.41) is 2.81. The maximum atomic E-state index is 12.2. The maximum Gasteiger partial charge on any atom is 0.407 e. The van der Waals surface area contributed by atoms with Gasteiger partial charge in [-0.1, -0.05) is 93.3 Å². The molecule has 162 valence electrons. The number of alkyl carbamates (subject to hydrolysis) is 1. The Morgan fingerprint density at radius 2 is 1.50 bits per heavy atom. The highest BCUT2D eigenvalue weighted by atomic mass is 16.5. The minimum absolute atomic E-state index is 0.0732. The predicted molar refractivity (Wildman–Crippen MR) is 130 cm³/mol. The third-order valence-electron chi connectivity index (χ3n) is 5.85. The first-order valence-corrected chi connectivity index (χ1v) is 11.1. The molecule has 0 unspecified atom stereocenters. The highest BCUT2D eigenvalue weighted by Gasteiger charge is 2.28. The summed E-state index contributed by atoms with van der Waals surface area (Å²) in [6.07, 6.45) is 0.175. The molecule has 3 heteroatoms. The fourth-order valence-electron chi connectivity index (χ4n) is 4.09. The van der Waals surface area contributed by atoms with Gasteiger partial charge in [-0.2, -0.15) is 0 Å². The van der Waals surface area contributed by atoms with Crippen LogP contribution in [0.25, 0.3) is 11.1 Å². The summed E-state index contributed by atoms with van der Waals surface area (Å²) in [4.78, 5) is 12.2. The van der Waals surface area contributed by atoms with Crippen molar-refractivity contribution in [3.8, 4) is 23.0 Å². The van der Waals surface area contributed by atoms with Crippen LogP contribution in [0, 0.1) is 11.8 Å². The van der Waals surface area contributed by atoms with E-state index < -0.39 is 6.09 Å². The molecule has 0 bridgehead atoms. The number of hydrogen-bond acceptors (Lipinski definition) is 2. The first kappa shape index (κ1) is 21.7. The fourth-order valence-corrected chi connectivity index (χ4v) is 4.09.